The van der Waals surface area contributed by atoms with Crippen LogP contribution in [0.2, 0.25) is 0 Å². The summed E-state index contributed by atoms with van der Waals surface area (Å²) >= 11 is 0. The highest BCUT2D eigenvalue weighted by atomic mass is 16.5. The number of ether oxygens (including phenoxy) is 1. The smallest absolute Gasteiger partial charge is 0.231 e. The topological polar surface area (TPSA) is 104 Å². The van der Waals surface area contributed by atoms with E-state index in [1.807, 2.05) is 6.92 Å². The summed E-state index contributed by atoms with van der Waals surface area (Å²) in [5.41, 5.74) is 4.47. The molecule has 0 spiro atoms. The number of anilines is 3. The third kappa shape index (κ3) is 4.99. The molecule has 9 heteroatoms. The van der Waals surface area contributed by atoms with Crippen LogP contribution in [0.4, 0.5) is 17.5 Å². The van der Waals surface area contributed by atoms with Gasteiger partial charge in [-0.05, 0) is 31.9 Å². The Bertz CT molecular complexity index is 1040. The monoisotopic (exact) mass is 436 g/mol. The first-order valence-electron chi connectivity index (χ1n) is 11.8. The molecular formula is C23H32N8O. The minimum atomic E-state index is 0.451. The van der Waals surface area contributed by atoms with E-state index in [4.69, 9.17) is 14.7 Å². The Morgan fingerprint density at radius 1 is 1.09 bits per heavy atom. The largest absolute Gasteiger partial charge is 0.379 e. The van der Waals surface area contributed by atoms with E-state index in [9.17, 15) is 0 Å². The number of nitrogens with one attached hydrogen (secondary N) is 3. The molecule has 9 nitrogen and oxygen atoms in total. The summed E-state index contributed by atoms with van der Waals surface area (Å²) in [6.45, 7) is 6.69. The van der Waals surface area contributed by atoms with Gasteiger partial charge in [0.2, 0.25) is 5.95 Å². The van der Waals surface area contributed by atoms with E-state index in [-0.39, 0.29) is 0 Å². The Hall–Kier alpha value is -2.78. The van der Waals surface area contributed by atoms with Gasteiger partial charge < -0.3 is 20.4 Å². The highest BCUT2D eigenvalue weighted by Gasteiger charge is 2.18. The molecule has 5 rings (SSSR count). The van der Waals surface area contributed by atoms with E-state index in [0.717, 1.165) is 67.7 Å². The molecule has 32 heavy (non-hydrogen) atoms. The molecule has 2 fully saturated rings. The summed E-state index contributed by atoms with van der Waals surface area (Å²) in [6.07, 6.45) is 8.82. The summed E-state index contributed by atoms with van der Waals surface area (Å²) < 4.78 is 5.43. The average Bonchev–Trinajstić information content (AvgIpc) is 3.30. The molecule has 4 heterocycles. The van der Waals surface area contributed by atoms with Gasteiger partial charge in [-0.15, -0.1) is 0 Å². The number of hydrogen-bond donors (Lipinski definition) is 3. The van der Waals surface area contributed by atoms with E-state index in [0.29, 0.717) is 17.6 Å². The third-order valence-electron chi connectivity index (χ3n) is 6.41. The molecule has 0 atom stereocenters. The molecule has 1 aliphatic carbocycles. The Balaban J connectivity index is 1.29. The van der Waals surface area contributed by atoms with Gasteiger partial charge in [0.15, 0.2) is 11.5 Å². The Kier molecular flexibility index (Phi) is 6.45. The summed E-state index contributed by atoms with van der Waals surface area (Å²) in [6, 6.07) is 4.61. The number of imidazole rings is 1. The molecule has 170 valence electrons. The van der Waals surface area contributed by atoms with Crippen LogP contribution in [0.3, 0.4) is 0 Å². The average molecular weight is 437 g/mol. The van der Waals surface area contributed by atoms with E-state index in [2.05, 4.69) is 42.6 Å². The lowest BCUT2D eigenvalue weighted by Crippen LogP contribution is -2.37. The number of nitrogens with zero attached hydrogens (tertiary/aromatic N) is 5. The highest BCUT2D eigenvalue weighted by Crippen LogP contribution is 2.26. The lowest BCUT2D eigenvalue weighted by molar-refractivity contribution is 0.0383. The molecule has 0 radical (unpaired) electrons. The maximum atomic E-state index is 5.43. The minimum Gasteiger partial charge on any atom is -0.379 e. The zero-order valence-corrected chi connectivity index (χ0v) is 18.7. The number of hydrogen-bond acceptors (Lipinski definition) is 8. The third-order valence-corrected chi connectivity index (χ3v) is 6.41. The van der Waals surface area contributed by atoms with Crippen molar-refractivity contribution in [3.05, 3.63) is 29.8 Å². The first kappa shape index (κ1) is 21.1. The van der Waals surface area contributed by atoms with E-state index >= 15 is 0 Å². The normalized spacial score (nSPS) is 18.2. The van der Waals surface area contributed by atoms with Crippen molar-refractivity contribution in [2.75, 3.05) is 43.5 Å². The molecule has 1 saturated carbocycles. The van der Waals surface area contributed by atoms with Gasteiger partial charge >= 0.3 is 0 Å². The lowest BCUT2D eigenvalue weighted by Gasteiger charge is -2.26. The van der Waals surface area contributed by atoms with Gasteiger partial charge in [-0.1, -0.05) is 19.3 Å². The number of aryl methyl sites for hydroxylation is 1. The first-order valence-corrected chi connectivity index (χ1v) is 11.8. The number of pyridine rings is 1. The van der Waals surface area contributed by atoms with Crippen molar-refractivity contribution in [2.24, 2.45) is 0 Å². The zero-order chi connectivity index (χ0) is 21.8. The van der Waals surface area contributed by atoms with Crippen molar-refractivity contribution in [1.82, 2.24) is 29.8 Å². The maximum absolute atomic E-state index is 5.43. The molecule has 3 aromatic rings. The predicted molar refractivity (Wildman–Crippen MR) is 125 cm³/mol. The van der Waals surface area contributed by atoms with Crippen LogP contribution in [0.15, 0.2) is 18.5 Å². The van der Waals surface area contributed by atoms with Crippen LogP contribution >= 0.6 is 0 Å². The van der Waals surface area contributed by atoms with Crippen LogP contribution in [-0.4, -0.2) is 68.7 Å². The van der Waals surface area contributed by atoms with Crippen LogP contribution in [0.25, 0.3) is 11.2 Å². The minimum absolute atomic E-state index is 0.451. The molecule has 3 aromatic heterocycles. The number of H-pyrrole nitrogens is 1. The SMILES string of the molecule is Cc1nc(CCN2CCOCC2)ccc1Nc1nc(NC2CCCCC2)c2[nH]cnc2n1. The maximum Gasteiger partial charge on any atom is 0.231 e. The van der Waals surface area contributed by atoms with Gasteiger partial charge in [0.05, 0.1) is 30.9 Å². The molecule has 0 aromatic carbocycles. The number of fused-ring (bicyclic) bond motifs is 1. The Morgan fingerprint density at radius 3 is 2.75 bits per heavy atom. The predicted octanol–water partition coefficient (Wildman–Crippen LogP) is 3.42. The van der Waals surface area contributed by atoms with Crippen molar-refractivity contribution >= 4 is 28.6 Å². The van der Waals surface area contributed by atoms with Gasteiger partial charge in [0.25, 0.3) is 0 Å². The molecule has 0 unspecified atom stereocenters. The highest BCUT2D eigenvalue weighted by molar-refractivity contribution is 5.84. The molecule has 0 amide bonds. The second-order valence-electron chi connectivity index (χ2n) is 8.74. The van der Waals surface area contributed by atoms with Crippen molar-refractivity contribution in [1.29, 1.82) is 0 Å². The van der Waals surface area contributed by atoms with E-state index < -0.39 is 0 Å². The Labute approximate surface area is 188 Å². The van der Waals surface area contributed by atoms with E-state index in [1.54, 1.807) is 6.33 Å². The van der Waals surface area contributed by atoms with Gasteiger partial charge in [0, 0.05) is 37.8 Å². The quantitative estimate of drug-likeness (QED) is 0.518. The van der Waals surface area contributed by atoms with Crippen molar-refractivity contribution in [2.45, 2.75) is 51.5 Å². The lowest BCUT2D eigenvalue weighted by atomic mass is 9.95. The molecule has 2 aliphatic rings. The fraction of sp³-hybridized carbons (Fsp3) is 0.565. The van der Waals surface area contributed by atoms with Gasteiger partial charge in [-0.25, -0.2) is 4.98 Å². The van der Waals surface area contributed by atoms with Crippen LogP contribution < -0.4 is 10.6 Å². The second-order valence-corrected chi connectivity index (χ2v) is 8.74. The van der Waals surface area contributed by atoms with Gasteiger partial charge in [-0.3, -0.25) is 9.88 Å². The van der Waals surface area contributed by atoms with Crippen LogP contribution in [0.1, 0.15) is 43.5 Å². The van der Waals surface area contributed by atoms with Crippen LogP contribution in [-0.2, 0) is 11.2 Å². The summed E-state index contributed by atoms with van der Waals surface area (Å²) in [4.78, 5) is 24.1. The molecular weight excluding hydrogens is 404 g/mol. The summed E-state index contributed by atoms with van der Waals surface area (Å²) in [5.74, 6) is 1.35. The number of aromatic nitrogens is 5. The Morgan fingerprint density at radius 2 is 1.94 bits per heavy atom. The van der Waals surface area contributed by atoms with Gasteiger partial charge in [-0.2, -0.15) is 9.97 Å². The number of morpholine rings is 1. The fourth-order valence-electron chi connectivity index (χ4n) is 4.54. The fourth-order valence-corrected chi connectivity index (χ4v) is 4.54. The van der Waals surface area contributed by atoms with Crippen molar-refractivity contribution < 1.29 is 4.74 Å². The van der Waals surface area contributed by atoms with E-state index in [1.165, 1.54) is 32.1 Å². The first-order chi connectivity index (χ1) is 15.7. The molecule has 3 N–H and O–H groups in total. The van der Waals surface area contributed by atoms with Gasteiger partial charge in [0.1, 0.15) is 5.52 Å². The number of aromatic amines is 1. The molecule has 0 bridgehead atoms. The molecule has 1 aliphatic heterocycles. The van der Waals surface area contributed by atoms with Crippen LogP contribution in [0, 0.1) is 6.92 Å². The zero-order valence-electron chi connectivity index (χ0n) is 18.7. The van der Waals surface area contributed by atoms with Crippen molar-refractivity contribution in [3.63, 3.8) is 0 Å². The van der Waals surface area contributed by atoms with Crippen LogP contribution in [0.5, 0.6) is 0 Å². The van der Waals surface area contributed by atoms with Crippen molar-refractivity contribution in [3.8, 4) is 0 Å². The summed E-state index contributed by atoms with van der Waals surface area (Å²) in [5, 5.41) is 6.98. The summed E-state index contributed by atoms with van der Waals surface area (Å²) in [7, 11) is 0. The molecule has 1 saturated heterocycles. The standard InChI is InChI=1S/C23H32N8O/c1-16-19(8-7-18(26-16)9-10-31-11-13-32-14-12-31)28-23-29-21-20(24-15-25-21)22(30-23)27-17-5-3-2-4-6-17/h7-8,15,17H,2-6,9-14H2,1H3,(H3,24,25,27,28,29,30). The second kappa shape index (κ2) is 9.79. The number of rotatable bonds is 7.